The monoisotopic (exact) mass is 459 g/mol. The van der Waals surface area contributed by atoms with Crippen LogP contribution in [0.25, 0.3) is 0 Å². The third kappa shape index (κ3) is 3.96. The van der Waals surface area contributed by atoms with Crippen LogP contribution in [-0.4, -0.2) is 21.6 Å². The van der Waals surface area contributed by atoms with E-state index in [4.69, 9.17) is 4.74 Å². The number of hydrogen-bond acceptors (Lipinski definition) is 3. The summed E-state index contributed by atoms with van der Waals surface area (Å²) < 4.78 is 34.6. The zero-order valence-electron chi connectivity index (χ0n) is 12.1. The van der Waals surface area contributed by atoms with Crippen molar-refractivity contribution in [1.29, 1.82) is 0 Å². The van der Waals surface area contributed by atoms with Crippen molar-refractivity contribution in [3.05, 3.63) is 57.0 Å². The van der Waals surface area contributed by atoms with Crippen molar-refractivity contribution in [2.45, 2.75) is 11.3 Å². The molecule has 0 spiro atoms. The molecule has 122 valence electrons. The lowest BCUT2D eigenvalue weighted by Gasteiger charge is -2.25. The molecule has 0 aromatic heterocycles. The molecule has 23 heavy (non-hydrogen) atoms. The first-order valence-corrected chi connectivity index (χ1v) is 10.2. The van der Waals surface area contributed by atoms with Crippen molar-refractivity contribution >= 4 is 41.9 Å². The molecule has 0 saturated carbocycles. The van der Waals surface area contributed by atoms with E-state index in [-0.39, 0.29) is 10.8 Å². The summed E-state index contributed by atoms with van der Waals surface area (Å²) in [4.78, 5) is 0.234. The van der Waals surface area contributed by atoms with Crippen LogP contribution in [0.4, 0.5) is 0 Å². The van der Waals surface area contributed by atoms with Gasteiger partial charge in [-0.25, -0.2) is 13.1 Å². The number of ether oxygens (including phenoxy) is 1. The highest BCUT2D eigenvalue weighted by Gasteiger charge is 2.23. The predicted octanol–water partition coefficient (Wildman–Crippen LogP) is 3.74. The Morgan fingerprint density at radius 1 is 1.17 bits per heavy atom. The number of fused-ring (bicyclic) bond motifs is 1. The molecule has 2 aromatic rings. The summed E-state index contributed by atoms with van der Waals surface area (Å²) in [5.74, 6) is 1.01. The van der Waals surface area contributed by atoms with Crippen molar-refractivity contribution < 1.29 is 13.2 Å². The van der Waals surface area contributed by atoms with Crippen LogP contribution in [0, 0.1) is 5.92 Å². The first kappa shape index (κ1) is 17.0. The molecule has 7 heteroatoms. The zero-order valence-corrected chi connectivity index (χ0v) is 16.1. The van der Waals surface area contributed by atoms with Gasteiger partial charge in [0, 0.05) is 21.4 Å². The predicted molar refractivity (Wildman–Crippen MR) is 96.2 cm³/mol. The number of sulfonamides is 1. The summed E-state index contributed by atoms with van der Waals surface area (Å²) in [6.07, 6.45) is 0.806. The number of hydrogen-bond donors (Lipinski definition) is 1. The van der Waals surface area contributed by atoms with Crippen LogP contribution in [-0.2, 0) is 16.4 Å². The number of nitrogens with one attached hydrogen (secondary N) is 1. The van der Waals surface area contributed by atoms with E-state index < -0.39 is 10.0 Å². The molecule has 4 nitrogen and oxygen atoms in total. The average Bonchev–Trinajstić information content (AvgIpc) is 2.52. The van der Waals surface area contributed by atoms with Crippen LogP contribution in [0.3, 0.4) is 0 Å². The van der Waals surface area contributed by atoms with Crippen LogP contribution in [0.2, 0.25) is 0 Å². The van der Waals surface area contributed by atoms with Crippen molar-refractivity contribution in [2.24, 2.45) is 5.92 Å². The molecule has 1 N–H and O–H groups in total. The molecule has 0 bridgehead atoms. The Labute approximate surface area is 152 Å². The highest BCUT2D eigenvalue weighted by atomic mass is 79.9. The molecule has 0 aliphatic carbocycles. The smallest absolute Gasteiger partial charge is 0.241 e. The molecular formula is C16H15Br2NO3S. The van der Waals surface area contributed by atoms with Gasteiger partial charge in [-0.3, -0.25) is 0 Å². The molecular weight excluding hydrogens is 446 g/mol. The van der Waals surface area contributed by atoms with Gasteiger partial charge in [-0.05, 0) is 52.2 Å². The van der Waals surface area contributed by atoms with Crippen molar-refractivity contribution in [1.82, 2.24) is 4.72 Å². The van der Waals surface area contributed by atoms with E-state index in [1.807, 2.05) is 24.3 Å². The Hall–Kier alpha value is -0.890. The number of rotatable bonds is 4. The Bertz CT molecular complexity index is 824. The summed E-state index contributed by atoms with van der Waals surface area (Å²) >= 11 is 6.61. The molecule has 1 unspecified atom stereocenters. The molecule has 1 aliphatic rings. The van der Waals surface area contributed by atoms with E-state index in [9.17, 15) is 8.42 Å². The molecule has 1 heterocycles. The average molecular weight is 461 g/mol. The fourth-order valence-corrected chi connectivity index (χ4v) is 5.38. The fraction of sp³-hybridized carbons (Fsp3) is 0.250. The second-order valence-corrected chi connectivity index (χ2v) is 8.92. The first-order chi connectivity index (χ1) is 11.0. The van der Waals surface area contributed by atoms with Crippen LogP contribution >= 0.6 is 31.9 Å². The molecule has 0 fully saturated rings. The maximum absolute atomic E-state index is 12.5. The number of benzene rings is 2. The lowest BCUT2D eigenvalue weighted by atomic mass is 9.97. The molecule has 1 atom stereocenters. The number of halogens is 2. The minimum Gasteiger partial charge on any atom is -0.493 e. The third-order valence-corrected chi connectivity index (χ3v) is 6.59. The zero-order chi connectivity index (χ0) is 16.4. The summed E-state index contributed by atoms with van der Waals surface area (Å²) in [5, 5.41) is 0. The van der Waals surface area contributed by atoms with E-state index in [1.54, 1.807) is 18.2 Å². The third-order valence-electron chi connectivity index (χ3n) is 3.70. The van der Waals surface area contributed by atoms with Gasteiger partial charge in [0.1, 0.15) is 5.75 Å². The minimum atomic E-state index is -3.56. The van der Waals surface area contributed by atoms with E-state index in [0.717, 1.165) is 22.2 Å². The second kappa shape index (κ2) is 6.93. The SMILES string of the molecule is O=S(=O)(NCC1COc2ccccc2C1)c1ccc(Br)cc1Br. The van der Waals surface area contributed by atoms with E-state index in [0.29, 0.717) is 17.6 Å². The summed E-state index contributed by atoms with van der Waals surface area (Å²) in [6, 6.07) is 12.9. The Kier molecular flexibility index (Phi) is 5.10. The van der Waals surface area contributed by atoms with E-state index in [1.165, 1.54) is 0 Å². The Balaban J connectivity index is 1.68. The van der Waals surface area contributed by atoms with Crippen LogP contribution in [0.1, 0.15) is 5.56 Å². The lowest BCUT2D eigenvalue weighted by molar-refractivity contribution is 0.223. The van der Waals surface area contributed by atoms with Gasteiger partial charge in [-0.15, -0.1) is 0 Å². The fourth-order valence-electron chi connectivity index (χ4n) is 2.52. The first-order valence-electron chi connectivity index (χ1n) is 7.11. The summed E-state index contributed by atoms with van der Waals surface area (Å²) in [7, 11) is -3.56. The molecule has 2 aromatic carbocycles. The van der Waals surface area contributed by atoms with Crippen LogP contribution in [0.15, 0.2) is 56.3 Å². The maximum Gasteiger partial charge on any atom is 0.241 e. The van der Waals surface area contributed by atoms with E-state index in [2.05, 4.69) is 36.6 Å². The normalized spacial score (nSPS) is 17.4. The van der Waals surface area contributed by atoms with Gasteiger partial charge in [0.25, 0.3) is 0 Å². The molecule has 0 radical (unpaired) electrons. The van der Waals surface area contributed by atoms with Crippen molar-refractivity contribution in [3.8, 4) is 5.75 Å². The molecule has 3 rings (SSSR count). The lowest BCUT2D eigenvalue weighted by Crippen LogP contribution is -2.34. The van der Waals surface area contributed by atoms with Crippen molar-refractivity contribution in [2.75, 3.05) is 13.2 Å². The van der Waals surface area contributed by atoms with Gasteiger partial charge in [0.05, 0.1) is 11.5 Å². The van der Waals surface area contributed by atoms with Gasteiger partial charge in [0.15, 0.2) is 0 Å². The summed E-state index contributed by atoms with van der Waals surface area (Å²) in [5.41, 5.74) is 1.12. The Morgan fingerprint density at radius 3 is 2.74 bits per heavy atom. The van der Waals surface area contributed by atoms with Gasteiger partial charge in [0.2, 0.25) is 10.0 Å². The van der Waals surface area contributed by atoms with Gasteiger partial charge in [-0.1, -0.05) is 34.1 Å². The minimum absolute atomic E-state index is 0.119. The maximum atomic E-state index is 12.5. The molecule has 0 amide bonds. The summed E-state index contributed by atoms with van der Waals surface area (Å²) in [6.45, 7) is 0.861. The quantitative estimate of drug-likeness (QED) is 0.755. The largest absolute Gasteiger partial charge is 0.493 e. The Morgan fingerprint density at radius 2 is 1.96 bits per heavy atom. The topological polar surface area (TPSA) is 55.4 Å². The second-order valence-electron chi connectivity index (χ2n) is 5.42. The van der Waals surface area contributed by atoms with Crippen LogP contribution < -0.4 is 9.46 Å². The molecule has 1 aliphatic heterocycles. The van der Waals surface area contributed by atoms with E-state index >= 15 is 0 Å². The van der Waals surface area contributed by atoms with Gasteiger partial charge >= 0.3 is 0 Å². The van der Waals surface area contributed by atoms with Crippen LogP contribution in [0.5, 0.6) is 5.75 Å². The van der Waals surface area contributed by atoms with Crippen molar-refractivity contribution in [3.63, 3.8) is 0 Å². The molecule has 0 saturated heterocycles. The highest BCUT2D eigenvalue weighted by molar-refractivity contribution is 9.11. The standard InChI is InChI=1S/C16H15Br2NO3S/c17-13-5-6-16(14(18)8-13)23(20,21)19-9-11-7-12-3-1-2-4-15(12)22-10-11/h1-6,8,11,19H,7,9-10H2. The highest BCUT2D eigenvalue weighted by Crippen LogP contribution is 2.28. The number of para-hydroxylation sites is 1. The van der Waals surface area contributed by atoms with Gasteiger partial charge < -0.3 is 4.74 Å². The van der Waals surface area contributed by atoms with Gasteiger partial charge in [-0.2, -0.15) is 0 Å².